The third-order valence-electron chi connectivity index (χ3n) is 4.01. The smallest absolute Gasteiger partial charge is 0.204 e. The second-order valence-corrected chi connectivity index (χ2v) is 5.91. The lowest BCUT2D eigenvalue weighted by Crippen LogP contribution is -2.45. The minimum absolute atomic E-state index is 0.682. The van der Waals surface area contributed by atoms with Crippen molar-refractivity contribution in [3.05, 3.63) is 40.5 Å². The lowest BCUT2D eigenvalue weighted by Gasteiger charge is -2.33. The van der Waals surface area contributed by atoms with Crippen molar-refractivity contribution in [2.45, 2.75) is 6.92 Å². The van der Waals surface area contributed by atoms with E-state index < -0.39 is 0 Å². The van der Waals surface area contributed by atoms with Gasteiger partial charge in [-0.1, -0.05) is 42.5 Å². The Kier molecular flexibility index (Phi) is 4.03. The Hall–Kier alpha value is -1.72. The summed E-state index contributed by atoms with van der Waals surface area (Å²) < 4.78 is 0.682. The zero-order chi connectivity index (χ0) is 14.8. The van der Waals surface area contributed by atoms with Crippen LogP contribution >= 0.6 is 12.2 Å². The fraction of sp³-hybridized carbons (Fsp3) is 0.375. The first-order valence-electron chi connectivity index (χ1n) is 7.25. The van der Waals surface area contributed by atoms with Crippen LogP contribution in [0.4, 0.5) is 5.95 Å². The van der Waals surface area contributed by atoms with Crippen LogP contribution in [0.3, 0.4) is 0 Å². The van der Waals surface area contributed by atoms with Gasteiger partial charge in [-0.15, -0.1) is 0 Å². The van der Waals surface area contributed by atoms with Gasteiger partial charge in [-0.05, 0) is 19.5 Å². The molecule has 2 heterocycles. The van der Waals surface area contributed by atoms with E-state index in [4.69, 9.17) is 12.2 Å². The fourth-order valence-corrected chi connectivity index (χ4v) is 2.77. The van der Waals surface area contributed by atoms with Crippen LogP contribution < -0.4 is 4.90 Å². The molecule has 0 spiro atoms. The van der Waals surface area contributed by atoms with Crippen LogP contribution in [0.15, 0.2) is 30.3 Å². The third-order valence-corrected chi connectivity index (χ3v) is 4.40. The second kappa shape index (κ2) is 5.95. The summed E-state index contributed by atoms with van der Waals surface area (Å²) in [5, 5.41) is 0. The summed E-state index contributed by atoms with van der Waals surface area (Å²) >= 11 is 5.45. The molecule has 2 aromatic rings. The number of piperazine rings is 1. The number of nitrogens with zero attached hydrogens (tertiary/aromatic N) is 3. The van der Waals surface area contributed by atoms with Gasteiger partial charge in [0.05, 0.1) is 5.69 Å². The summed E-state index contributed by atoms with van der Waals surface area (Å²) in [6.07, 6.45) is 0. The molecule has 1 aliphatic rings. The number of aromatic amines is 1. The highest BCUT2D eigenvalue weighted by Crippen LogP contribution is 2.24. The molecule has 1 N–H and O–H groups in total. The summed E-state index contributed by atoms with van der Waals surface area (Å²) in [4.78, 5) is 12.7. The average Bonchev–Trinajstić information content (AvgIpc) is 2.51. The number of anilines is 1. The Morgan fingerprint density at radius 2 is 1.76 bits per heavy atom. The van der Waals surface area contributed by atoms with Crippen LogP contribution in [0, 0.1) is 11.6 Å². The van der Waals surface area contributed by atoms with E-state index in [1.54, 1.807) is 0 Å². The normalized spacial score (nSPS) is 16.2. The zero-order valence-corrected chi connectivity index (χ0v) is 13.3. The summed E-state index contributed by atoms with van der Waals surface area (Å²) in [5.74, 6) is 0.887. The topological polar surface area (TPSA) is 35.2 Å². The molecule has 0 aliphatic carbocycles. The molecule has 110 valence electrons. The minimum atomic E-state index is 0.682. The van der Waals surface area contributed by atoms with Crippen molar-refractivity contribution >= 4 is 18.2 Å². The molecule has 1 aliphatic heterocycles. The average molecular weight is 300 g/mol. The maximum Gasteiger partial charge on any atom is 0.204 e. The van der Waals surface area contributed by atoms with Gasteiger partial charge in [0.15, 0.2) is 0 Å². The minimum Gasteiger partial charge on any atom is -0.340 e. The number of hydrogen-bond acceptors (Lipinski definition) is 4. The van der Waals surface area contributed by atoms with Crippen molar-refractivity contribution < 1.29 is 0 Å². The number of rotatable bonds is 2. The maximum atomic E-state index is 5.45. The summed E-state index contributed by atoms with van der Waals surface area (Å²) in [6, 6.07) is 10.3. The standard InChI is InChI=1S/C16H20N4S/c1-12-14(13-6-4-3-5-7-13)17-16(18-15(12)21)20-10-8-19(2)9-11-20/h3-7H,8-11H2,1-2H3,(H,17,18,21). The van der Waals surface area contributed by atoms with Gasteiger partial charge in [-0.25, -0.2) is 4.98 Å². The number of H-pyrrole nitrogens is 1. The molecule has 0 unspecified atom stereocenters. The van der Waals surface area contributed by atoms with Gasteiger partial charge in [0.1, 0.15) is 4.64 Å². The van der Waals surface area contributed by atoms with E-state index in [0.717, 1.165) is 48.9 Å². The number of nitrogens with one attached hydrogen (secondary N) is 1. The quantitative estimate of drug-likeness (QED) is 0.865. The van der Waals surface area contributed by atoms with Gasteiger partial charge < -0.3 is 14.8 Å². The van der Waals surface area contributed by atoms with Crippen molar-refractivity contribution in [3.63, 3.8) is 0 Å². The van der Waals surface area contributed by atoms with Gasteiger partial charge in [-0.2, -0.15) is 0 Å². The number of aromatic nitrogens is 2. The molecule has 0 bridgehead atoms. The monoisotopic (exact) mass is 300 g/mol. The van der Waals surface area contributed by atoms with Gasteiger partial charge >= 0.3 is 0 Å². The first-order chi connectivity index (χ1) is 10.1. The Morgan fingerprint density at radius 3 is 2.43 bits per heavy atom. The molecule has 5 heteroatoms. The third kappa shape index (κ3) is 2.99. The Morgan fingerprint density at radius 1 is 1.10 bits per heavy atom. The molecule has 1 aromatic heterocycles. The van der Waals surface area contributed by atoms with Gasteiger partial charge in [0.25, 0.3) is 0 Å². The van der Waals surface area contributed by atoms with Gasteiger partial charge in [0, 0.05) is 31.7 Å². The zero-order valence-electron chi connectivity index (χ0n) is 12.5. The van der Waals surface area contributed by atoms with E-state index in [1.807, 2.05) is 25.1 Å². The van der Waals surface area contributed by atoms with Crippen molar-refractivity contribution in [2.75, 3.05) is 38.1 Å². The maximum absolute atomic E-state index is 5.45. The van der Waals surface area contributed by atoms with Gasteiger partial charge in [-0.3, -0.25) is 0 Å². The number of likely N-dealkylation sites (N-methyl/N-ethyl adjacent to an activating group) is 1. The Bertz CT molecular complexity index is 672. The van der Waals surface area contributed by atoms with E-state index in [1.165, 1.54) is 0 Å². The molecule has 1 fully saturated rings. The molecule has 1 aromatic carbocycles. The van der Waals surface area contributed by atoms with Crippen LogP contribution in [0.2, 0.25) is 0 Å². The second-order valence-electron chi connectivity index (χ2n) is 5.52. The van der Waals surface area contributed by atoms with Crippen LogP contribution in [0.1, 0.15) is 5.56 Å². The summed E-state index contributed by atoms with van der Waals surface area (Å²) in [7, 11) is 2.15. The molecule has 1 saturated heterocycles. The lowest BCUT2D eigenvalue weighted by atomic mass is 10.1. The summed E-state index contributed by atoms with van der Waals surface area (Å²) in [5.41, 5.74) is 3.26. The van der Waals surface area contributed by atoms with Crippen molar-refractivity contribution in [1.82, 2.24) is 14.9 Å². The lowest BCUT2D eigenvalue weighted by molar-refractivity contribution is 0.311. The molecule has 3 rings (SSSR count). The summed E-state index contributed by atoms with van der Waals surface area (Å²) in [6.45, 7) is 6.09. The van der Waals surface area contributed by atoms with Crippen LogP contribution in [-0.4, -0.2) is 48.1 Å². The van der Waals surface area contributed by atoms with E-state index in [9.17, 15) is 0 Å². The first-order valence-corrected chi connectivity index (χ1v) is 7.66. The number of benzene rings is 1. The first kappa shape index (κ1) is 14.2. The molecular formula is C16H20N4S. The van der Waals surface area contributed by atoms with Crippen LogP contribution in [-0.2, 0) is 0 Å². The SMILES string of the molecule is Cc1c(-c2ccccc2)[nH]c(N2CCN(C)CC2)nc1=S. The molecule has 0 amide bonds. The largest absolute Gasteiger partial charge is 0.340 e. The van der Waals surface area contributed by atoms with Gasteiger partial charge in [0.2, 0.25) is 5.95 Å². The van der Waals surface area contributed by atoms with E-state index in [2.05, 4.69) is 38.9 Å². The molecule has 4 nitrogen and oxygen atoms in total. The highest BCUT2D eigenvalue weighted by molar-refractivity contribution is 7.71. The Balaban J connectivity index is 2.00. The van der Waals surface area contributed by atoms with E-state index >= 15 is 0 Å². The van der Waals surface area contributed by atoms with Crippen LogP contribution in [0.5, 0.6) is 0 Å². The molecular weight excluding hydrogens is 280 g/mol. The molecule has 0 atom stereocenters. The Labute approximate surface area is 130 Å². The van der Waals surface area contributed by atoms with Crippen molar-refractivity contribution in [1.29, 1.82) is 0 Å². The van der Waals surface area contributed by atoms with E-state index in [-0.39, 0.29) is 0 Å². The van der Waals surface area contributed by atoms with E-state index in [0.29, 0.717) is 4.64 Å². The predicted molar refractivity (Wildman–Crippen MR) is 89.3 cm³/mol. The molecule has 0 saturated carbocycles. The van der Waals surface area contributed by atoms with Crippen molar-refractivity contribution in [2.24, 2.45) is 0 Å². The highest BCUT2D eigenvalue weighted by Gasteiger charge is 2.17. The predicted octanol–water partition coefficient (Wildman–Crippen LogP) is 2.87. The fourth-order valence-electron chi connectivity index (χ4n) is 2.58. The molecule has 21 heavy (non-hydrogen) atoms. The van der Waals surface area contributed by atoms with Crippen LogP contribution in [0.25, 0.3) is 11.3 Å². The van der Waals surface area contributed by atoms with Crippen molar-refractivity contribution in [3.8, 4) is 11.3 Å². The highest BCUT2D eigenvalue weighted by atomic mass is 32.1. The molecule has 0 radical (unpaired) electrons. The number of hydrogen-bond donors (Lipinski definition) is 1.